The van der Waals surface area contributed by atoms with Gasteiger partial charge in [-0.1, -0.05) is 11.6 Å². The Morgan fingerprint density at radius 1 is 1.33 bits per heavy atom. The van der Waals surface area contributed by atoms with Crippen LogP contribution >= 0.6 is 11.6 Å². The molecule has 2 heterocycles. The molecule has 2 atom stereocenters. The SMILES string of the molecule is CC1CN2CCCC2CN1c1cc(Cl)ccc1F. The fourth-order valence-electron chi connectivity index (χ4n) is 3.23. The van der Waals surface area contributed by atoms with Crippen LogP contribution in [0, 0.1) is 5.82 Å². The quantitative estimate of drug-likeness (QED) is 0.772. The molecule has 0 saturated carbocycles. The van der Waals surface area contributed by atoms with Crippen molar-refractivity contribution < 1.29 is 4.39 Å². The van der Waals surface area contributed by atoms with E-state index in [2.05, 4.69) is 16.7 Å². The van der Waals surface area contributed by atoms with E-state index in [0.717, 1.165) is 13.1 Å². The molecule has 2 aliphatic heterocycles. The van der Waals surface area contributed by atoms with E-state index in [4.69, 9.17) is 11.6 Å². The van der Waals surface area contributed by atoms with Crippen molar-refractivity contribution in [2.75, 3.05) is 24.5 Å². The molecule has 3 rings (SSSR count). The third-order valence-electron chi connectivity index (χ3n) is 4.15. The van der Waals surface area contributed by atoms with E-state index in [-0.39, 0.29) is 5.82 Å². The van der Waals surface area contributed by atoms with E-state index in [0.29, 0.717) is 22.8 Å². The van der Waals surface area contributed by atoms with Gasteiger partial charge in [0.2, 0.25) is 0 Å². The number of hydrogen-bond donors (Lipinski definition) is 0. The van der Waals surface area contributed by atoms with E-state index in [9.17, 15) is 4.39 Å². The van der Waals surface area contributed by atoms with Crippen molar-refractivity contribution in [1.29, 1.82) is 0 Å². The van der Waals surface area contributed by atoms with Gasteiger partial charge in [-0.3, -0.25) is 4.90 Å². The Labute approximate surface area is 112 Å². The Morgan fingerprint density at radius 3 is 3.00 bits per heavy atom. The number of anilines is 1. The van der Waals surface area contributed by atoms with Crippen molar-refractivity contribution in [3.63, 3.8) is 0 Å². The average molecular weight is 269 g/mol. The molecule has 0 amide bonds. The van der Waals surface area contributed by atoms with Crippen LogP contribution in [0.3, 0.4) is 0 Å². The molecule has 1 aromatic rings. The van der Waals surface area contributed by atoms with Gasteiger partial charge in [0.25, 0.3) is 0 Å². The highest BCUT2D eigenvalue weighted by molar-refractivity contribution is 6.30. The molecular formula is C14H18ClFN2. The van der Waals surface area contributed by atoms with Gasteiger partial charge in [-0.15, -0.1) is 0 Å². The maximum absolute atomic E-state index is 14.0. The van der Waals surface area contributed by atoms with Crippen LogP contribution in [-0.4, -0.2) is 36.6 Å². The Kier molecular flexibility index (Phi) is 3.20. The van der Waals surface area contributed by atoms with E-state index >= 15 is 0 Å². The summed E-state index contributed by atoms with van der Waals surface area (Å²) in [6.45, 7) is 5.30. The van der Waals surface area contributed by atoms with Gasteiger partial charge in [-0.2, -0.15) is 0 Å². The van der Waals surface area contributed by atoms with Crippen molar-refractivity contribution >= 4 is 17.3 Å². The smallest absolute Gasteiger partial charge is 0.146 e. The molecule has 2 nitrogen and oxygen atoms in total. The van der Waals surface area contributed by atoms with Crippen LogP contribution in [-0.2, 0) is 0 Å². The lowest BCUT2D eigenvalue weighted by molar-refractivity contribution is 0.202. The standard InChI is InChI=1S/C14H18ClFN2/c1-10-8-17-6-2-3-12(17)9-18(10)14-7-11(15)4-5-13(14)16/h4-5,7,10,12H,2-3,6,8-9H2,1H3. The number of fused-ring (bicyclic) bond motifs is 1. The number of hydrogen-bond acceptors (Lipinski definition) is 2. The highest BCUT2D eigenvalue weighted by Crippen LogP contribution is 2.31. The number of rotatable bonds is 1. The fourth-order valence-corrected chi connectivity index (χ4v) is 3.40. The van der Waals surface area contributed by atoms with E-state index in [1.54, 1.807) is 12.1 Å². The van der Waals surface area contributed by atoms with Crippen LogP contribution < -0.4 is 4.90 Å². The summed E-state index contributed by atoms with van der Waals surface area (Å²) in [7, 11) is 0. The van der Waals surface area contributed by atoms with Crippen molar-refractivity contribution in [1.82, 2.24) is 4.90 Å². The van der Waals surface area contributed by atoms with Gasteiger partial charge >= 0.3 is 0 Å². The highest BCUT2D eigenvalue weighted by atomic mass is 35.5. The van der Waals surface area contributed by atoms with Crippen LogP contribution in [0.4, 0.5) is 10.1 Å². The Hall–Kier alpha value is -0.800. The Bertz CT molecular complexity index is 451. The minimum absolute atomic E-state index is 0.169. The fraction of sp³-hybridized carbons (Fsp3) is 0.571. The van der Waals surface area contributed by atoms with Crippen molar-refractivity contribution in [3.05, 3.63) is 29.0 Å². The van der Waals surface area contributed by atoms with Crippen molar-refractivity contribution in [3.8, 4) is 0 Å². The van der Waals surface area contributed by atoms with Gasteiger partial charge in [-0.05, 0) is 44.5 Å². The molecule has 0 N–H and O–H groups in total. The maximum Gasteiger partial charge on any atom is 0.146 e. The molecular weight excluding hydrogens is 251 g/mol. The van der Waals surface area contributed by atoms with Crippen molar-refractivity contribution in [2.45, 2.75) is 31.8 Å². The number of piperazine rings is 1. The first kappa shape index (κ1) is 12.2. The number of halogens is 2. The molecule has 0 aliphatic carbocycles. The molecule has 2 unspecified atom stereocenters. The molecule has 2 aliphatic rings. The first-order valence-corrected chi connectivity index (χ1v) is 6.98. The Morgan fingerprint density at radius 2 is 2.17 bits per heavy atom. The summed E-state index contributed by atoms with van der Waals surface area (Å²) in [4.78, 5) is 4.71. The average Bonchev–Trinajstić information content (AvgIpc) is 2.78. The summed E-state index contributed by atoms with van der Waals surface area (Å²) >= 11 is 5.99. The van der Waals surface area contributed by atoms with Gasteiger partial charge in [0.05, 0.1) is 5.69 Å². The first-order chi connectivity index (χ1) is 8.65. The summed E-state index contributed by atoms with van der Waals surface area (Å²) in [5, 5.41) is 0.604. The zero-order valence-electron chi connectivity index (χ0n) is 10.6. The van der Waals surface area contributed by atoms with E-state index in [1.807, 2.05) is 0 Å². The van der Waals surface area contributed by atoms with Crippen molar-refractivity contribution in [2.24, 2.45) is 0 Å². The minimum atomic E-state index is -0.169. The third kappa shape index (κ3) is 2.10. The summed E-state index contributed by atoms with van der Waals surface area (Å²) in [6, 6.07) is 5.74. The molecule has 98 valence electrons. The molecule has 2 saturated heterocycles. The lowest BCUT2D eigenvalue weighted by Gasteiger charge is -2.43. The molecule has 2 fully saturated rings. The van der Waals surface area contributed by atoms with Gasteiger partial charge in [0, 0.05) is 30.2 Å². The lowest BCUT2D eigenvalue weighted by Crippen LogP contribution is -2.55. The number of nitrogens with zero attached hydrogens (tertiary/aromatic N) is 2. The monoisotopic (exact) mass is 268 g/mol. The second-order valence-electron chi connectivity index (χ2n) is 5.39. The third-order valence-corrected chi connectivity index (χ3v) is 4.39. The zero-order chi connectivity index (χ0) is 12.7. The molecule has 18 heavy (non-hydrogen) atoms. The van der Waals surface area contributed by atoms with Gasteiger partial charge in [0.1, 0.15) is 5.82 Å². The predicted octanol–water partition coefficient (Wildman–Crippen LogP) is 3.15. The maximum atomic E-state index is 14.0. The van der Waals surface area contributed by atoms with Gasteiger partial charge in [-0.25, -0.2) is 4.39 Å². The van der Waals surface area contributed by atoms with Gasteiger partial charge in [0.15, 0.2) is 0 Å². The van der Waals surface area contributed by atoms with Crippen LogP contribution in [0.15, 0.2) is 18.2 Å². The summed E-state index contributed by atoms with van der Waals surface area (Å²) in [6.07, 6.45) is 2.49. The molecule has 0 spiro atoms. The molecule has 0 aromatic heterocycles. The second kappa shape index (κ2) is 4.71. The number of benzene rings is 1. The molecule has 4 heteroatoms. The van der Waals surface area contributed by atoms with Crippen LogP contribution in [0.1, 0.15) is 19.8 Å². The topological polar surface area (TPSA) is 6.48 Å². The normalized spacial score (nSPS) is 28.5. The van der Waals surface area contributed by atoms with E-state index in [1.165, 1.54) is 25.5 Å². The molecule has 0 radical (unpaired) electrons. The predicted molar refractivity (Wildman–Crippen MR) is 72.8 cm³/mol. The highest BCUT2D eigenvalue weighted by Gasteiger charge is 2.35. The zero-order valence-corrected chi connectivity index (χ0v) is 11.3. The molecule has 1 aromatic carbocycles. The first-order valence-electron chi connectivity index (χ1n) is 6.61. The lowest BCUT2D eigenvalue weighted by atomic mass is 10.1. The van der Waals surface area contributed by atoms with Crippen LogP contribution in [0.5, 0.6) is 0 Å². The molecule has 0 bridgehead atoms. The summed E-state index contributed by atoms with van der Waals surface area (Å²) in [5.74, 6) is -0.169. The van der Waals surface area contributed by atoms with Crippen LogP contribution in [0.2, 0.25) is 5.02 Å². The minimum Gasteiger partial charge on any atom is -0.364 e. The summed E-state index contributed by atoms with van der Waals surface area (Å²) < 4.78 is 14.0. The largest absolute Gasteiger partial charge is 0.364 e. The second-order valence-corrected chi connectivity index (χ2v) is 5.82. The van der Waals surface area contributed by atoms with Gasteiger partial charge < -0.3 is 4.90 Å². The summed E-state index contributed by atoms with van der Waals surface area (Å²) in [5.41, 5.74) is 0.654. The van der Waals surface area contributed by atoms with Crippen LogP contribution in [0.25, 0.3) is 0 Å². The Balaban J connectivity index is 1.88. The van der Waals surface area contributed by atoms with E-state index < -0.39 is 0 Å².